The first-order valence-corrected chi connectivity index (χ1v) is 11.2. The lowest BCUT2D eigenvalue weighted by molar-refractivity contribution is 0.0683. The fraction of sp³-hybridized carbons (Fsp3) is 0.714. The SMILES string of the molecule is CCCn1c(=O)c2[nH]c([C@@H]3C[C@H]4CC[C@@H](C3)N4C(=O)OCC)nc2n(CCC)c1=O. The van der Waals surface area contributed by atoms with Gasteiger partial charge in [-0.15, -0.1) is 0 Å². The number of hydrogen-bond donors (Lipinski definition) is 1. The number of aromatic amines is 1. The van der Waals surface area contributed by atoms with Crippen LogP contribution in [0.25, 0.3) is 11.2 Å². The molecule has 0 aromatic carbocycles. The Bertz CT molecular complexity index is 1040. The number of carbonyl (C=O) groups is 1. The number of hydrogen-bond acceptors (Lipinski definition) is 5. The standard InChI is InChI=1S/C21H31N5O4/c1-4-9-24-18-16(19(27)25(10-5-2)20(24)28)22-17(23-18)13-11-14-7-8-15(12-13)26(14)21(29)30-6-3/h13-15H,4-12H2,1-3H3,(H,22,23)/t13-,14-,15+. The number of ether oxygens (including phenoxy) is 1. The quantitative estimate of drug-likeness (QED) is 0.778. The molecule has 2 aliphatic rings. The van der Waals surface area contributed by atoms with Crippen molar-refractivity contribution in [2.75, 3.05) is 6.61 Å². The second-order valence-electron chi connectivity index (χ2n) is 8.37. The van der Waals surface area contributed by atoms with Crippen molar-refractivity contribution >= 4 is 17.3 Å². The van der Waals surface area contributed by atoms with Crippen molar-refractivity contribution in [2.24, 2.45) is 0 Å². The van der Waals surface area contributed by atoms with E-state index in [1.807, 2.05) is 25.7 Å². The molecule has 2 aromatic rings. The molecule has 2 bridgehead atoms. The highest BCUT2D eigenvalue weighted by molar-refractivity contribution is 5.70. The van der Waals surface area contributed by atoms with Gasteiger partial charge in [0, 0.05) is 31.1 Å². The summed E-state index contributed by atoms with van der Waals surface area (Å²) in [6, 6.07) is 0.270. The van der Waals surface area contributed by atoms with Crippen LogP contribution in [-0.2, 0) is 17.8 Å². The summed E-state index contributed by atoms with van der Waals surface area (Å²) in [6.45, 7) is 7.07. The molecular weight excluding hydrogens is 386 g/mol. The average Bonchev–Trinajstić information content (AvgIpc) is 3.28. The van der Waals surface area contributed by atoms with E-state index in [2.05, 4.69) is 4.98 Å². The van der Waals surface area contributed by atoms with E-state index in [4.69, 9.17) is 9.72 Å². The molecule has 2 saturated heterocycles. The van der Waals surface area contributed by atoms with E-state index in [0.717, 1.165) is 37.9 Å². The minimum absolute atomic E-state index is 0.129. The molecule has 3 atom stereocenters. The molecule has 164 valence electrons. The fourth-order valence-corrected chi connectivity index (χ4v) is 5.12. The van der Waals surface area contributed by atoms with E-state index in [9.17, 15) is 14.4 Å². The van der Waals surface area contributed by atoms with Crippen LogP contribution in [0.1, 0.15) is 71.0 Å². The highest BCUT2D eigenvalue weighted by atomic mass is 16.6. The third kappa shape index (κ3) is 3.33. The maximum absolute atomic E-state index is 13.0. The van der Waals surface area contributed by atoms with Crippen molar-refractivity contribution in [3.63, 3.8) is 0 Å². The summed E-state index contributed by atoms with van der Waals surface area (Å²) in [6.07, 6.45) is 4.76. The number of amides is 1. The lowest BCUT2D eigenvalue weighted by atomic mass is 9.90. The zero-order valence-electron chi connectivity index (χ0n) is 18.0. The van der Waals surface area contributed by atoms with Crippen molar-refractivity contribution in [1.29, 1.82) is 0 Å². The van der Waals surface area contributed by atoms with E-state index in [1.54, 1.807) is 4.57 Å². The fourth-order valence-electron chi connectivity index (χ4n) is 5.12. The van der Waals surface area contributed by atoms with Crippen LogP contribution in [0.15, 0.2) is 9.59 Å². The summed E-state index contributed by atoms with van der Waals surface area (Å²) in [5.74, 6) is 0.880. The largest absolute Gasteiger partial charge is 0.450 e. The maximum Gasteiger partial charge on any atom is 0.410 e. The highest BCUT2D eigenvalue weighted by Crippen LogP contribution is 2.42. The predicted molar refractivity (Wildman–Crippen MR) is 113 cm³/mol. The summed E-state index contributed by atoms with van der Waals surface area (Å²) >= 11 is 0. The van der Waals surface area contributed by atoms with Gasteiger partial charge < -0.3 is 14.6 Å². The minimum atomic E-state index is -0.296. The van der Waals surface area contributed by atoms with Gasteiger partial charge in [-0.1, -0.05) is 13.8 Å². The predicted octanol–water partition coefficient (Wildman–Crippen LogP) is 2.57. The van der Waals surface area contributed by atoms with Gasteiger partial charge in [-0.3, -0.25) is 13.9 Å². The van der Waals surface area contributed by atoms with Crippen LogP contribution in [0.4, 0.5) is 4.79 Å². The summed E-state index contributed by atoms with van der Waals surface area (Å²) in [5.41, 5.74) is 0.280. The molecule has 4 heterocycles. The van der Waals surface area contributed by atoms with Crippen molar-refractivity contribution < 1.29 is 9.53 Å². The Morgan fingerprint density at radius 3 is 2.30 bits per heavy atom. The minimum Gasteiger partial charge on any atom is -0.450 e. The number of carbonyl (C=O) groups excluding carboxylic acids is 1. The molecule has 0 radical (unpaired) electrons. The average molecular weight is 418 g/mol. The van der Waals surface area contributed by atoms with Crippen LogP contribution in [0, 0.1) is 0 Å². The van der Waals surface area contributed by atoms with E-state index in [1.165, 1.54) is 4.57 Å². The summed E-state index contributed by atoms with van der Waals surface area (Å²) in [7, 11) is 0. The van der Waals surface area contributed by atoms with Crippen LogP contribution in [-0.4, -0.2) is 48.8 Å². The molecule has 1 amide bonds. The van der Waals surface area contributed by atoms with Gasteiger partial charge in [-0.2, -0.15) is 0 Å². The Morgan fingerprint density at radius 2 is 1.70 bits per heavy atom. The van der Waals surface area contributed by atoms with Gasteiger partial charge in [0.25, 0.3) is 5.56 Å². The third-order valence-corrected chi connectivity index (χ3v) is 6.37. The Labute approximate surface area is 175 Å². The molecule has 0 saturated carbocycles. The number of piperidine rings is 1. The zero-order chi connectivity index (χ0) is 21.4. The molecule has 0 spiro atoms. The second-order valence-corrected chi connectivity index (χ2v) is 8.37. The molecule has 2 fully saturated rings. The first kappa shape index (κ1) is 20.7. The Hall–Kier alpha value is -2.58. The number of nitrogens with one attached hydrogen (secondary N) is 1. The van der Waals surface area contributed by atoms with E-state index in [0.29, 0.717) is 37.3 Å². The van der Waals surface area contributed by atoms with Gasteiger partial charge in [-0.25, -0.2) is 14.6 Å². The molecule has 9 heteroatoms. The Balaban J connectivity index is 1.71. The Kier molecular flexibility index (Phi) is 5.71. The molecule has 30 heavy (non-hydrogen) atoms. The lowest BCUT2D eigenvalue weighted by Gasteiger charge is -2.37. The molecule has 1 N–H and O–H groups in total. The van der Waals surface area contributed by atoms with Gasteiger partial charge in [0.05, 0.1) is 6.61 Å². The van der Waals surface area contributed by atoms with Crippen molar-refractivity contribution in [3.05, 3.63) is 26.7 Å². The second kappa shape index (κ2) is 8.28. The molecule has 4 rings (SSSR count). The van der Waals surface area contributed by atoms with Gasteiger partial charge in [0.1, 0.15) is 11.3 Å². The topological polar surface area (TPSA) is 102 Å². The molecule has 2 aromatic heterocycles. The van der Waals surface area contributed by atoms with Crippen LogP contribution in [0.3, 0.4) is 0 Å². The number of H-pyrrole nitrogens is 1. The summed E-state index contributed by atoms with van der Waals surface area (Å²) in [4.78, 5) is 48.1. The molecule has 0 unspecified atom stereocenters. The lowest BCUT2D eigenvalue weighted by Crippen LogP contribution is -2.46. The number of rotatable bonds is 6. The number of nitrogens with zero attached hydrogens (tertiary/aromatic N) is 4. The van der Waals surface area contributed by atoms with Crippen molar-refractivity contribution in [3.8, 4) is 0 Å². The van der Waals surface area contributed by atoms with Crippen LogP contribution >= 0.6 is 0 Å². The normalized spacial score (nSPS) is 23.3. The van der Waals surface area contributed by atoms with Crippen molar-refractivity contribution in [1.82, 2.24) is 24.0 Å². The smallest absolute Gasteiger partial charge is 0.410 e. The monoisotopic (exact) mass is 417 g/mol. The van der Waals surface area contributed by atoms with Crippen LogP contribution in [0.5, 0.6) is 0 Å². The number of aromatic nitrogens is 4. The van der Waals surface area contributed by atoms with Gasteiger partial charge in [0.2, 0.25) is 0 Å². The molecule has 0 aliphatic carbocycles. The van der Waals surface area contributed by atoms with Gasteiger partial charge >= 0.3 is 11.8 Å². The first-order chi connectivity index (χ1) is 14.5. The summed E-state index contributed by atoms with van der Waals surface area (Å²) < 4.78 is 8.17. The number of fused-ring (bicyclic) bond motifs is 3. The Morgan fingerprint density at radius 1 is 1.07 bits per heavy atom. The molecular formula is C21H31N5O4. The molecule has 2 aliphatic heterocycles. The first-order valence-electron chi connectivity index (χ1n) is 11.2. The summed E-state index contributed by atoms with van der Waals surface area (Å²) in [5, 5.41) is 0. The van der Waals surface area contributed by atoms with E-state index >= 15 is 0 Å². The highest BCUT2D eigenvalue weighted by Gasteiger charge is 2.45. The number of aryl methyl sites for hydroxylation is 1. The van der Waals surface area contributed by atoms with Crippen molar-refractivity contribution in [2.45, 2.75) is 90.4 Å². The van der Waals surface area contributed by atoms with Gasteiger partial charge in [-0.05, 0) is 45.4 Å². The third-order valence-electron chi connectivity index (χ3n) is 6.37. The van der Waals surface area contributed by atoms with Crippen LogP contribution < -0.4 is 11.2 Å². The van der Waals surface area contributed by atoms with E-state index < -0.39 is 0 Å². The van der Waals surface area contributed by atoms with E-state index in [-0.39, 0.29) is 35.3 Å². The van der Waals surface area contributed by atoms with Gasteiger partial charge in [0.15, 0.2) is 5.65 Å². The maximum atomic E-state index is 13.0. The zero-order valence-corrected chi connectivity index (χ0v) is 18.0. The number of imidazole rings is 1. The van der Waals surface area contributed by atoms with Crippen LogP contribution in [0.2, 0.25) is 0 Å². The molecule has 9 nitrogen and oxygen atoms in total.